The number of thioether (sulfide) groups is 1. The second-order valence-electron chi connectivity index (χ2n) is 3.32. The predicted octanol–water partition coefficient (Wildman–Crippen LogP) is 4.38. The summed E-state index contributed by atoms with van der Waals surface area (Å²) in [5.41, 5.74) is 1.27. The molecule has 1 unspecified atom stereocenters. The summed E-state index contributed by atoms with van der Waals surface area (Å²) >= 11 is 3.83. The predicted molar refractivity (Wildman–Crippen MR) is 77.7 cm³/mol. The van der Waals surface area contributed by atoms with Gasteiger partial charge in [-0.05, 0) is 24.0 Å². The summed E-state index contributed by atoms with van der Waals surface area (Å²) in [6.07, 6.45) is 4.11. The van der Waals surface area contributed by atoms with Gasteiger partial charge in [-0.1, -0.05) is 12.1 Å². The molecule has 0 fully saturated rings. The van der Waals surface area contributed by atoms with Gasteiger partial charge in [0, 0.05) is 38.1 Å². The Labute approximate surface area is 116 Å². The molecule has 0 aromatic heterocycles. The van der Waals surface area contributed by atoms with Crippen molar-refractivity contribution in [2.75, 3.05) is 12.9 Å². The Kier molecular flexibility index (Phi) is 4.72. The van der Waals surface area contributed by atoms with Gasteiger partial charge in [0.15, 0.2) is 0 Å². The van der Waals surface area contributed by atoms with Crippen LogP contribution in [0, 0.1) is 0 Å². The van der Waals surface area contributed by atoms with Crippen molar-refractivity contribution in [1.29, 1.82) is 0 Å². The topological polar surface area (TPSA) is 18.5 Å². The van der Waals surface area contributed by atoms with E-state index in [4.69, 9.17) is 8.92 Å². The third kappa shape index (κ3) is 3.01. The van der Waals surface area contributed by atoms with Crippen LogP contribution in [0.25, 0.3) is 0 Å². The van der Waals surface area contributed by atoms with Gasteiger partial charge in [0.05, 0.1) is 0 Å². The van der Waals surface area contributed by atoms with Crippen LogP contribution in [0.4, 0.5) is 0 Å². The number of halogens is 1. The lowest BCUT2D eigenvalue weighted by atomic mass is 10.0. The molecule has 2 rings (SSSR count). The van der Waals surface area contributed by atoms with E-state index in [1.54, 1.807) is 11.8 Å². The lowest BCUT2D eigenvalue weighted by Crippen LogP contribution is -1.96. The fourth-order valence-electron chi connectivity index (χ4n) is 1.56. The molecule has 1 aliphatic rings. The lowest BCUT2D eigenvalue weighted by Gasteiger charge is -2.06. The molecular formula is C11H11IO2S2. The Morgan fingerprint density at radius 3 is 2.75 bits per heavy atom. The molecule has 1 atom stereocenters. The Bertz CT molecular complexity index is 378. The number of benzene rings is 1. The van der Waals surface area contributed by atoms with Crippen molar-refractivity contribution in [2.24, 2.45) is 0 Å². The Morgan fingerprint density at radius 1 is 1.38 bits per heavy atom. The maximum atomic E-state index is 5.42. The molecular weight excluding hydrogens is 355 g/mol. The summed E-state index contributed by atoms with van der Waals surface area (Å²) in [6.45, 7) is 0.672. The van der Waals surface area contributed by atoms with E-state index in [9.17, 15) is 0 Å². The Balaban J connectivity index is 2.07. The van der Waals surface area contributed by atoms with E-state index in [1.807, 2.05) is 6.08 Å². The van der Waals surface area contributed by atoms with E-state index >= 15 is 0 Å². The summed E-state index contributed by atoms with van der Waals surface area (Å²) < 4.78 is 10.7. The second kappa shape index (κ2) is 6.07. The quantitative estimate of drug-likeness (QED) is 0.447. The van der Waals surface area contributed by atoms with Gasteiger partial charge in [0.25, 0.3) is 5.95 Å². The normalized spacial score (nSPS) is 19.1. The molecule has 2 nitrogen and oxygen atoms in total. The summed E-state index contributed by atoms with van der Waals surface area (Å²) in [5, 5.41) is 0. The molecule has 0 radical (unpaired) electrons. The highest BCUT2D eigenvalue weighted by Crippen LogP contribution is 2.31. The zero-order valence-corrected chi connectivity index (χ0v) is 12.5. The first kappa shape index (κ1) is 12.4. The summed E-state index contributed by atoms with van der Waals surface area (Å²) in [6, 6.07) is 8.58. The van der Waals surface area contributed by atoms with E-state index < -0.39 is 0 Å². The molecule has 1 aliphatic heterocycles. The molecule has 0 bridgehead atoms. The summed E-state index contributed by atoms with van der Waals surface area (Å²) in [5.74, 6) is 0.938. The zero-order valence-electron chi connectivity index (χ0n) is 8.68. The zero-order chi connectivity index (χ0) is 11.4. The van der Waals surface area contributed by atoms with Gasteiger partial charge in [0.2, 0.25) is 0 Å². The average Bonchev–Trinajstić information content (AvgIpc) is 2.78. The maximum Gasteiger partial charge on any atom is 0.289 e. The molecule has 0 spiro atoms. The molecule has 0 aliphatic carbocycles. The number of ether oxygens (including phenoxy) is 1. The van der Waals surface area contributed by atoms with Crippen LogP contribution >= 0.6 is 42.2 Å². The van der Waals surface area contributed by atoms with Crippen LogP contribution in [0.1, 0.15) is 11.5 Å². The molecule has 0 saturated carbocycles. The first-order valence-corrected chi connectivity index (χ1v) is 9.28. The monoisotopic (exact) mass is 366 g/mol. The average molecular weight is 366 g/mol. The lowest BCUT2D eigenvalue weighted by molar-refractivity contribution is 0.143. The van der Waals surface area contributed by atoms with Crippen LogP contribution in [0.5, 0.6) is 0 Å². The minimum Gasteiger partial charge on any atom is -0.464 e. The van der Waals surface area contributed by atoms with Crippen LogP contribution in [0.3, 0.4) is 0 Å². The first-order valence-electron chi connectivity index (χ1n) is 4.77. The number of rotatable bonds is 4. The van der Waals surface area contributed by atoms with E-state index in [0.29, 0.717) is 18.5 Å². The molecule has 0 saturated heterocycles. The highest BCUT2D eigenvalue weighted by Gasteiger charge is 2.20. The largest absolute Gasteiger partial charge is 0.464 e. The summed E-state index contributed by atoms with van der Waals surface area (Å²) in [7, 11) is 1.28. The highest BCUT2D eigenvalue weighted by atomic mass is 127. The Hall–Kier alpha value is -0.0100. The van der Waals surface area contributed by atoms with E-state index in [2.05, 4.69) is 51.7 Å². The van der Waals surface area contributed by atoms with E-state index in [1.165, 1.54) is 19.7 Å². The van der Waals surface area contributed by atoms with Gasteiger partial charge in [-0.25, -0.2) is 0 Å². The molecule has 1 aromatic carbocycles. The second-order valence-corrected chi connectivity index (χ2v) is 5.57. The third-order valence-corrected chi connectivity index (χ3v) is 3.91. The van der Waals surface area contributed by atoms with Crippen LogP contribution in [0.2, 0.25) is 0 Å². The number of hydrogen-bond acceptors (Lipinski definition) is 4. The van der Waals surface area contributed by atoms with E-state index in [0.717, 1.165) is 0 Å². The van der Waals surface area contributed by atoms with Crippen LogP contribution in [0.15, 0.2) is 41.2 Å². The SMILES string of the molecule is CSc1ccc(C2C=C(OSI)OC2)cc1. The minimum absolute atomic E-state index is 0.314. The fraction of sp³-hybridized carbons (Fsp3) is 0.273. The van der Waals surface area contributed by atoms with Crippen molar-refractivity contribution in [2.45, 2.75) is 10.8 Å². The van der Waals surface area contributed by atoms with Crippen molar-refractivity contribution >= 4 is 42.2 Å². The maximum absolute atomic E-state index is 5.42. The minimum atomic E-state index is 0.314. The van der Waals surface area contributed by atoms with Crippen molar-refractivity contribution in [1.82, 2.24) is 0 Å². The molecule has 0 N–H and O–H groups in total. The van der Waals surface area contributed by atoms with E-state index in [-0.39, 0.29) is 0 Å². The van der Waals surface area contributed by atoms with Crippen molar-refractivity contribution < 1.29 is 8.92 Å². The molecule has 1 aromatic rings. The van der Waals surface area contributed by atoms with Crippen LogP contribution in [-0.4, -0.2) is 12.9 Å². The van der Waals surface area contributed by atoms with Crippen LogP contribution < -0.4 is 0 Å². The van der Waals surface area contributed by atoms with Crippen LogP contribution in [-0.2, 0) is 8.92 Å². The molecule has 0 amide bonds. The van der Waals surface area contributed by atoms with Gasteiger partial charge < -0.3 is 8.92 Å². The third-order valence-electron chi connectivity index (χ3n) is 2.40. The van der Waals surface area contributed by atoms with Gasteiger partial charge in [0.1, 0.15) is 15.8 Å². The van der Waals surface area contributed by atoms with Gasteiger partial charge >= 0.3 is 0 Å². The summed E-state index contributed by atoms with van der Waals surface area (Å²) in [4.78, 5) is 1.28. The molecule has 16 heavy (non-hydrogen) atoms. The number of hydrogen-bond donors (Lipinski definition) is 0. The van der Waals surface area contributed by atoms with Crippen molar-refractivity contribution in [3.8, 4) is 0 Å². The molecule has 5 heteroatoms. The fourth-order valence-corrected chi connectivity index (χ4v) is 2.66. The molecule has 86 valence electrons. The Morgan fingerprint density at radius 2 is 2.12 bits per heavy atom. The highest BCUT2D eigenvalue weighted by molar-refractivity contribution is 14.2. The molecule has 1 heterocycles. The van der Waals surface area contributed by atoms with Gasteiger partial charge in [-0.3, -0.25) is 0 Å². The van der Waals surface area contributed by atoms with Gasteiger partial charge in [-0.15, -0.1) is 11.8 Å². The van der Waals surface area contributed by atoms with Crippen molar-refractivity contribution in [3.05, 3.63) is 41.9 Å². The standard InChI is InChI=1S/C11H11IO2S2/c1-15-10-4-2-8(3-5-10)9-6-11(13-7-9)14-16-12/h2-6,9H,7H2,1H3. The smallest absolute Gasteiger partial charge is 0.289 e. The first-order chi connectivity index (χ1) is 7.83. The van der Waals surface area contributed by atoms with Gasteiger partial charge in [-0.2, -0.15) is 0 Å². The van der Waals surface area contributed by atoms with Crippen molar-refractivity contribution in [3.63, 3.8) is 0 Å².